The Labute approximate surface area is 118 Å². The van der Waals surface area contributed by atoms with Crippen molar-refractivity contribution in [3.63, 3.8) is 0 Å². The summed E-state index contributed by atoms with van der Waals surface area (Å²) in [7, 11) is 0. The molecule has 1 unspecified atom stereocenters. The van der Waals surface area contributed by atoms with E-state index >= 15 is 0 Å². The van der Waals surface area contributed by atoms with Crippen LogP contribution in [0.4, 0.5) is 5.69 Å². The molecular formula is C15H20N2O3. The van der Waals surface area contributed by atoms with Crippen molar-refractivity contribution in [2.24, 2.45) is 0 Å². The van der Waals surface area contributed by atoms with E-state index in [-0.39, 0.29) is 11.5 Å². The van der Waals surface area contributed by atoms with Crippen molar-refractivity contribution in [3.05, 3.63) is 29.3 Å². The molecule has 0 aliphatic carbocycles. The van der Waals surface area contributed by atoms with Gasteiger partial charge in [-0.25, -0.2) is 4.79 Å². The lowest BCUT2D eigenvalue weighted by molar-refractivity contribution is -0.122. The van der Waals surface area contributed by atoms with Crippen molar-refractivity contribution in [2.75, 3.05) is 11.9 Å². The maximum Gasteiger partial charge on any atom is 0.336 e. The zero-order valence-electron chi connectivity index (χ0n) is 11.8. The summed E-state index contributed by atoms with van der Waals surface area (Å²) in [5, 5.41) is 15.2. The second-order valence-electron chi connectivity index (χ2n) is 5.25. The van der Waals surface area contributed by atoms with E-state index in [9.17, 15) is 9.59 Å². The zero-order valence-corrected chi connectivity index (χ0v) is 11.8. The average molecular weight is 276 g/mol. The van der Waals surface area contributed by atoms with Crippen LogP contribution < -0.4 is 10.6 Å². The van der Waals surface area contributed by atoms with Gasteiger partial charge in [-0.1, -0.05) is 13.0 Å². The smallest absolute Gasteiger partial charge is 0.336 e. The molecule has 1 atom stereocenters. The van der Waals surface area contributed by atoms with Crippen molar-refractivity contribution >= 4 is 17.6 Å². The van der Waals surface area contributed by atoms with Crippen LogP contribution in [0.25, 0.3) is 0 Å². The van der Waals surface area contributed by atoms with Gasteiger partial charge in [-0.15, -0.1) is 0 Å². The molecule has 0 radical (unpaired) electrons. The van der Waals surface area contributed by atoms with Gasteiger partial charge in [0, 0.05) is 5.69 Å². The van der Waals surface area contributed by atoms with Crippen molar-refractivity contribution in [2.45, 2.75) is 38.6 Å². The first-order valence-corrected chi connectivity index (χ1v) is 6.89. The number of carboxylic acids is 1. The molecule has 1 amide bonds. The van der Waals surface area contributed by atoms with Gasteiger partial charge in [-0.3, -0.25) is 4.79 Å². The quantitative estimate of drug-likeness (QED) is 0.787. The van der Waals surface area contributed by atoms with E-state index in [4.69, 9.17) is 5.11 Å². The van der Waals surface area contributed by atoms with Gasteiger partial charge in [0.05, 0.1) is 11.1 Å². The minimum atomic E-state index is -0.984. The number of nitrogens with one attached hydrogen (secondary N) is 2. The monoisotopic (exact) mass is 276 g/mol. The molecule has 20 heavy (non-hydrogen) atoms. The number of benzene rings is 1. The second kappa shape index (κ2) is 5.63. The molecule has 1 heterocycles. The van der Waals surface area contributed by atoms with Gasteiger partial charge in [0.2, 0.25) is 5.91 Å². The molecular weight excluding hydrogens is 256 g/mol. The van der Waals surface area contributed by atoms with Gasteiger partial charge in [-0.05, 0) is 50.4 Å². The Balaban J connectivity index is 2.19. The van der Waals surface area contributed by atoms with Gasteiger partial charge in [0.15, 0.2) is 0 Å². The lowest BCUT2D eigenvalue weighted by atomic mass is 9.93. The van der Waals surface area contributed by atoms with E-state index in [0.29, 0.717) is 11.3 Å². The summed E-state index contributed by atoms with van der Waals surface area (Å²) >= 11 is 0. The highest BCUT2D eigenvalue weighted by atomic mass is 16.4. The number of aryl methyl sites for hydroxylation is 1. The summed E-state index contributed by atoms with van der Waals surface area (Å²) in [6.45, 7) is 4.56. The first-order valence-electron chi connectivity index (χ1n) is 6.89. The summed E-state index contributed by atoms with van der Waals surface area (Å²) in [5.41, 5.74) is 0.904. The molecule has 0 bridgehead atoms. The molecule has 108 valence electrons. The summed E-state index contributed by atoms with van der Waals surface area (Å²) in [4.78, 5) is 23.5. The Morgan fingerprint density at radius 3 is 2.75 bits per heavy atom. The number of anilines is 1. The number of carboxylic acid groups (broad SMARTS) is 1. The normalized spacial score (nSPS) is 21.7. The van der Waals surface area contributed by atoms with E-state index in [1.165, 1.54) is 6.07 Å². The van der Waals surface area contributed by atoms with Crippen LogP contribution in [-0.4, -0.2) is 29.1 Å². The third-order valence-electron chi connectivity index (χ3n) is 4.01. The van der Waals surface area contributed by atoms with Crippen LogP contribution in [-0.2, 0) is 4.79 Å². The highest BCUT2D eigenvalue weighted by molar-refractivity contribution is 5.99. The fourth-order valence-electron chi connectivity index (χ4n) is 2.64. The first kappa shape index (κ1) is 14.5. The Morgan fingerprint density at radius 1 is 1.45 bits per heavy atom. The number of aromatic carboxylic acids is 1. The largest absolute Gasteiger partial charge is 0.478 e. The molecule has 1 aliphatic heterocycles. The van der Waals surface area contributed by atoms with Gasteiger partial charge < -0.3 is 15.7 Å². The maximum atomic E-state index is 12.4. The fraction of sp³-hybridized carbons (Fsp3) is 0.467. The molecule has 1 saturated heterocycles. The molecule has 1 aliphatic rings. The predicted octanol–water partition coefficient (Wildman–Crippen LogP) is 2.16. The van der Waals surface area contributed by atoms with Gasteiger partial charge >= 0.3 is 5.97 Å². The highest BCUT2D eigenvalue weighted by Gasteiger charge is 2.39. The maximum absolute atomic E-state index is 12.4. The molecule has 0 saturated carbocycles. The van der Waals surface area contributed by atoms with Gasteiger partial charge in [-0.2, -0.15) is 0 Å². The zero-order chi connectivity index (χ0) is 14.8. The first-order chi connectivity index (χ1) is 9.48. The minimum absolute atomic E-state index is 0.0855. The van der Waals surface area contributed by atoms with Gasteiger partial charge in [0.25, 0.3) is 0 Å². The van der Waals surface area contributed by atoms with Crippen LogP contribution >= 0.6 is 0 Å². The third kappa shape index (κ3) is 2.67. The van der Waals surface area contributed by atoms with Crippen molar-refractivity contribution < 1.29 is 14.7 Å². The fourth-order valence-corrected chi connectivity index (χ4v) is 2.64. The summed E-state index contributed by atoms with van der Waals surface area (Å²) < 4.78 is 0. The molecule has 0 aromatic heterocycles. The number of amides is 1. The van der Waals surface area contributed by atoms with E-state index in [2.05, 4.69) is 10.6 Å². The Kier molecular flexibility index (Phi) is 4.09. The minimum Gasteiger partial charge on any atom is -0.478 e. The van der Waals surface area contributed by atoms with Crippen LogP contribution in [0, 0.1) is 6.92 Å². The van der Waals surface area contributed by atoms with Crippen LogP contribution in [0.15, 0.2) is 18.2 Å². The van der Waals surface area contributed by atoms with Crippen molar-refractivity contribution in [1.82, 2.24) is 5.32 Å². The van der Waals surface area contributed by atoms with Crippen LogP contribution in [0.3, 0.4) is 0 Å². The second-order valence-corrected chi connectivity index (χ2v) is 5.25. The molecule has 3 N–H and O–H groups in total. The molecule has 1 fully saturated rings. The lowest BCUT2D eigenvalue weighted by Gasteiger charge is -2.26. The standard InChI is InChI=1S/C15H20N2O3/c1-3-15(7-4-8-16-15)14(20)17-11-6-5-10(2)12(9-11)13(18)19/h5-6,9,16H,3-4,7-8H2,1-2H3,(H,17,20)(H,18,19). The average Bonchev–Trinajstić information content (AvgIpc) is 2.90. The topological polar surface area (TPSA) is 78.4 Å². The summed E-state index contributed by atoms with van der Waals surface area (Å²) in [5.74, 6) is -1.07. The Hall–Kier alpha value is -1.88. The molecule has 0 spiro atoms. The van der Waals surface area contributed by atoms with E-state index in [1.807, 2.05) is 6.92 Å². The summed E-state index contributed by atoms with van der Waals surface area (Å²) in [6, 6.07) is 4.95. The van der Waals surface area contributed by atoms with Crippen LogP contribution in [0.2, 0.25) is 0 Å². The number of carbonyl (C=O) groups excluding carboxylic acids is 1. The van der Waals surface area contributed by atoms with E-state index in [1.54, 1.807) is 19.1 Å². The highest BCUT2D eigenvalue weighted by Crippen LogP contribution is 2.25. The number of carbonyl (C=O) groups is 2. The van der Waals surface area contributed by atoms with Crippen molar-refractivity contribution in [3.8, 4) is 0 Å². The summed E-state index contributed by atoms with van der Waals surface area (Å²) in [6.07, 6.45) is 2.51. The van der Waals surface area contributed by atoms with E-state index in [0.717, 1.165) is 25.8 Å². The van der Waals surface area contributed by atoms with Crippen LogP contribution in [0.5, 0.6) is 0 Å². The number of hydrogen-bond donors (Lipinski definition) is 3. The van der Waals surface area contributed by atoms with E-state index < -0.39 is 11.5 Å². The molecule has 5 nitrogen and oxygen atoms in total. The number of hydrogen-bond acceptors (Lipinski definition) is 3. The molecule has 2 rings (SSSR count). The molecule has 1 aromatic carbocycles. The lowest BCUT2D eigenvalue weighted by Crippen LogP contribution is -2.50. The van der Waals surface area contributed by atoms with Crippen molar-refractivity contribution in [1.29, 1.82) is 0 Å². The number of rotatable bonds is 4. The Bertz CT molecular complexity index is 534. The third-order valence-corrected chi connectivity index (χ3v) is 4.01. The Morgan fingerprint density at radius 2 is 2.20 bits per heavy atom. The SMILES string of the molecule is CCC1(C(=O)Nc2ccc(C)c(C(=O)O)c2)CCCN1. The van der Waals surface area contributed by atoms with Crippen LogP contribution in [0.1, 0.15) is 42.1 Å². The molecule has 5 heteroatoms. The molecule has 1 aromatic rings. The van der Waals surface area contributed by atoms with Gasteiger partial charge in [0.1, 0.15) is 0 Å². The predicted molar refractivity (Wildman–Crippen MR) is 77.0 cm³/mol.